The smallest absolute Gasteiger partial charge is 0.269 e. The fraction of sp³-hybridized carbons (Fsp3) is 0.571. The van der Waals surface area contributed by atoms with E-state index in [1.807, 2.05) is 24.8 Å². The molecule has 1 atom stereocenters. The van der Waals surface area contributed by atoms with Crippen LogP contribution in [0.5, 0.6) is 0 Å². The van der Waals surface area contributed by atoms with Crippen LogP contribution < -0.4 is 5.32 Å². The second-order valence-electron chi connectivity index (χ2n) is 5.77. The fourth-order valence-corrected chi connectivity index (χ4v) is 3.89. The van der Waals surface area contributed by atoms with Crippen LogP contribution in [0.25, 0.3) is 0 Å². The van der Waals surface area contributed by atoms with E-state index < -0.39 is 0 Å². The highest BCUT2D eigenvalue weighted by atomic mass is 32.2. The molecule has 1 heterocycles. The molecule has 1 aromatic carbocycles. The minimum Gasteiger partial charge on any atom is -0.381 e. The molecule has 1 aliphatic heterocycles. The maximum atomic E-state index is 10.7. The van der Waals surface area contributed by atoms with Crippen molar-refractivity contribution in [2.75, 3.05) is 16.8 Å². The third-order valence-electron chi connectivity index (χ3n) is 3.87. The zero-order valence-corrected chi connectivity index (χ0v) is 12.4. The first-order valence-corrected chi connectivity index (χ1v) is 7.65. The summed E-state index contributed by atoms with van der Waals surface area (Å²) in [7, 11) is 0. The molecule has 1 N–H and O–H groups in total. The quantitative estimate of drug-likeness (QED) is 0.675. The van der Waals surface area contributed by atoms with Gasteiger partial charge in [0, 0.05) is 29.6 Å². The predicted octanol–water partition coefficient (Wildman–Crippen LogP) is 3.85. The average molecular weight is 280 g/mol. The minimum atomic E-state index is -0.350. The van der Waals surface area contributed by atoms with E-state index in [0.717, 1.165) is 17.0 Å². The van der Waals surface area contributed by atoms with Gasteiger partial charge in [-0.1, -0.05) is 13.8 Å². The highest BCUT2D eigenvalue weighted by Crippen LogP contribution is 2.36. The number of non-ortho nitro benzene ring substituents is 1. The summed E-state index contributed by atoms with van der Waals surface area (Å²) in [4.78, 5) is 10.4. The van der Waals surface area contributed by atoms with Gasteiger partial charge in [0.1, 0.15) is 0 Å². The molecule has 0 bridgehead atoms. The molecule has 0 saturated carbocycles. The predicted molar refractivity (Wildman–Crippen MR) is 81.0 cm³/mol. The second kappa shape index (κ2) is 5.41. The summed E-state index contributed by atoms with van der Waals surface area (Å²) in [5.41, 5.74) is 2.35. The van der Waals surface area contributed by atoms with E-state index in [1.165, 1.54) is 12.2 Å². The van der Waals surface area contributed by atoms with Gasteiger partial charge in [-0.15, -0.1) is 0 Å². The number of nitrogens with one attached hydrogen (secondary N) is 1. The van der Waals surface area contributed by atoms with Crippen molar-refractivity contribution in [1.29, 1.82) is 0 Å². The van der Waals surface area contributed by atoms with Crippen molar-refractivity contribution in [2.24, 2.45) is 5.41 Å². The molecule has 4 nitrogen and oxygen atoms in total. The lowest BCUT2D eigenvalue weighted by atomic mass is 9.82. The summed E-state index contributed by atoms with van der Waals surface area (Å²) < 4.78 is 0. The Morgan fingerprint density at radius 2 is 2.21 bits per heavy atom. The van der Waals surface area contributed by atoms with Crippen LogP contribution in [0.15, 0.2) is 18.2 Å². The monoisotopic (exact) mass is 280 g/mol. The van der Waals surface area contributed by atoms with Gasteiger partial charge >= 0.3 is 0 Å². The number of benzene rings is 1. The topological polar surface area (TPSA) is 55.2 Å². The van der Waals surface area contributed by atoms with Gasteiger partial charge in [-0.05, 0) is 36.1 Å². The Hall–Kier alpha value is -1.23. The number of nitro groups is 1. The molecule has 19 heavy (non-hydrogen) atoms. The zero-order valence-electron chi connectivity index (χ0n) is 11.6. The van der Waals surface area contributed by atoms with E-state index in [0.29, 0.717) is 6.04 Å². The summed E-state index contributed by atoms with van der Waals surface area (Å²) >= 11 is 1.97. The average Bonchev–Trinajstić information content (AvgIpc) is 2.33. The lowest BCUT2D eigenvalue weighted by Gasteiger charge is -2.39. The van der Waals surface area contributed by atoms with E-state index in [-0.39, 0.29) is 16.0 Å². The molecule has 1 aromatic rings. The number of rotatable bonds is 3. The van der Waals surface area contributed by atoms with E-state index in [2.05, 4.69) is 19.2 Å². The van der Waals surface area contributed by atoms with Gasteiger partial charge in [-0.25, -0.2) is 0 Å². The van der Waals surface area contributed by atoms with E-state index in [9.17, 15) is 10.1 Å². The highest BCUT2D eigenvalue weighted by molar-refractivity contribution is 7.99. The zero-order chi connectivity index (χ0) is 14.0. The maximum Gasteiger partial charge on any atom is 0.269 e. The van der Waals surface area contributed by atoms with Crippen LogP contribution in [0.4, 0.5) is 11.4 Å². The molecule has 0 aliphatic carbocycles. The van der Waals surface area contributed by atoms with Gasteiger partial charge < -0.3 is 5.32 Å². The molecule has 0 aromatic heterocycles. The van der Waals surface area contributed by atoms with Crippen molar-refractivity contribution in [3.05, 3.63) is 33.9 Å². The number of nitro benzene ring substituents is 1. The molecule has 0 radical (unpaired) electrons. The number of aryl methyl sites for hydroxylation is 1. The SMILES string of the molecule is Cc1cc([N+](=O)[O-])ccc1NC1CSCCC1(C)C. The van der Waals surface area contributed by atoms with Gasteiger partial charge in [0.05, 0.1) is 4.92 Å². The first kappa shape index (κ1) is 14.2. The van der Waals surface area contributed by atoms with E-state index >= 15 is 0 Å². The van der Waals surface area contributed by atoms with E-state index in [4.69, 9.17) is 0 Å². The number of thioether (sulfide) groups is 1. The molecular weight excluding hydrogens is 260 g/mol. The molecule has 0 amide bonds. The van der Waals surface area contributed by atoms with Gasteiger partial charge in [0.15, 0.2) is 0 Å². The second-order valence-corrected chi connectivity index (χ2v) is 6.92. The van der Waals surface area contributed by atoms with Crippen LogP contribution in [0.2, 0.25) is 0 Å². The van der Waals surface area contributed by atoms with Crippen molar-refractivity contribution in [2.45, 2.75) is 33.2 Å². The maximum absolute atomic E-state index is 10.7. The summed E-state index contributed by atoms with van der Waals surface area (Å²) in [6.07, 6.45) is 1.20. The van der Waals surface area contributed by atoms with Crippen LogP contribution in [-0.2, 0) is 0 Å². The number of hydrogen-bond acceptors (Lipinski definition) is 4. The van der Waals surface area contributed by atoms with E-state index in [1.54, 1.807) is 12.1 Å². The third-order valence-corrected chi connectivity index (χ3v) is 4.93. The molecule has 1 aliphatic rings. The minimum absolute atomic E-state index is 0.153. The van der Waals surface area contributed by atoms with Crippen molar-refractivity contribution in [3.63, 3.8) is 0 Å². The lowest BCUT2D eigenvalue weighted by Crippen LogP contribution is -2.41. The number of anilines is 1. The first-order valence-electron chi connectivity index (χ1n) is 6.49. The third kappa shape index (κ3) is 3.21. The normalized spacial score (nSPS) is 21.9. The number of nitrogens with zero attached hydrogens (tertiary/aromatic N) is 1. The van der Waals surface area contributed by atoms with Gasteiger partial charge in [-0.2, -0.15) is 11.8 Å². The standard InChI is InChI=1S/C14H20N2O2S/c1-10-8-11(16(17)18)4-5-12(10)15-13-9-19-7-6-14(13,2)3/h4-5,8,13,15H,6-7,9H2,1-3H3. The lowest BCUT2D eigenvalue weighted by molar-refractivity contribution is -0.384. The Morgan fingerprint density at radius 3 is 2.79 bits per heavy atom. The molecule has 5 heteroatoms. The van der Waals surface area contributed by atoms with Gasteiger partial charge in [0.2, 0.25) is 0 Å². The molecule has 104 valence electrons. The Kier molecular flexibility index (Phi) is 4.04. The summed E-state index contributed by atoms with van der Waals surface area (Å²) in [5, 5.41) is 14.3. The van der Waals surface area contributed by atoms with Gasteiger partial charge in [-0.3, -0.25) is 10.1 Å². The van der Waals surface area contributed by atoms with Crippen LogP contribution in [-0.4, -0.2) is 22.5 Å². The van der Waals surface area contributed by atoms with Crippen LogP contribution in [0, 0.1) is 22.5 Å². The van der Waals surface area contributed by atoms with Crippen molar-refractivity contribution >= 4 is 23.1 Å². The Balaban J connectivity index is 2.17. The van der Waals surface area contributed by atoms with Crippen molar-refractivity contribution < 1.29 is 4.92 Å². The molecule has 1 saturated heterocycles. The summed E-state index contributed by atoms with van der Waals surface area (Å²) in [6, 6.07) is 5.43. The highest BCUT2D eigenvalue weighted by Gasteiger charge is 2.32. The van der Waals surface area contributed by atoms with Gasteiger partial charge in [0.25, 0.3) is 5.69 Å². The summed E-state index contributed by atoms with van der Waals surface area (Å²) in [6.45, 7) is 6.48. The van der Waals surface area contributed by atoms with Crippen molar-refractivity contribution in [3.8, 4) is 0 Å². The molecular formula is C14H20N2O2S. The first-order chi connectivity index (χ1) is 8.90. The van der Waals surface area contributed by atoms with Crippen LogP contribution in [0.3, 0.4) is 0 Å². The number of hydrogen-bond donors (Lipinski definition) is 1. The molecule has 2 rings (SSSR count). The Labute approximate surface area is 118 Å². The summed E-state index contributed by atoms with van der Waals surface area (Å²) in [5.74, 6) is 2.30. The largest absolute Gasteiger partial charge is 0.381 e. The molecule has 1 fully saturated rings. The van der Waals surface area contributed by atoms with Crippen LogP contribution in [0.1, 0.15) is 25.8 Å². The Morgan fingerprint density at radius 1 is 1.47 bits per heavy atom. The molecule has 0 spiro atoms. The fourth-order valence-electron chi connectivity index (χ4n) is 2.28. The van der Waals surface area contributed by atoms with Crippen LogP contribution >= 0.6 is 11.8 Å². The van der Waals surface area contributed by atoms with Crippen molar-refractivity contribution in [1.82, 2.24) is 0 Å². The Bertz CT molecular complexity index is 488. The molecule has 1 unspecified atom stereocenters.